The minimum atomic E-state index is -0.518. The summed E-state index contributed by atoms with van der Waals surface area (Å²) in [6.45, 7) is 0.358. The molecule has 2 heterocycles. The van der Waals surface area contributed by atoms with Gasteiger partial charge in [0.15, 0.2) is 0 Å². The zero-order valence-corrected chi connectivity index (χ0v) is 13.6. The Bertz CT molecular complexity index is 1040. The Hall–Kier alpha value is -3.55. The lowest BCUT2D eigenvalue weighted by Gasteiger charge is -2.08. The summed E-state index contributed by atoms with van der Waals surface area (Å²) in [4.78, 5) is 42.2. The average molecular weight is 354 g/mol. The molecule has 2 aromatic heterocycles. The fraction of sp³-hybridized carbons (Fsp3) is 0.111. The Morgan fingerprint density at radius 3 is 2.65 bits per heavy atom. The van der Waals surface area contributed by atoms with E-state index in [4.69, 9.17) is 0 Å². The van der Waals surface area contributed by atoms with E-state index in [0.717, 1.165) is 0 Å². The Morgan fingerprint density at radius 1 is 1.19 bits per heavy atom. The molecule has 3 rings (SSSR count). The number of hydrogen-bond donors (Lipinski definition) is 2. The molecule has 7 nitrogen and oxygen atoms in total. The van der Waals surface area contributed by atoms with E-state index in [2.05, 4.69) is 15.3 Å². The van der Waals surface area contributed by atoms with Crippen LogP contribution in [0.25, 0.3) is 11.3 Å². The van der Waals surface area contributed by atoms with Crippen LogP contribution >= 0.6 is 0 Å². The first-order chi connectivity index (χ1) is 12.5. The second kappa shape index (κ2) is 7.56. The fourth-order valence-electron chi connectivity index (χ4n) is 2.36. The normalized spacial score (nSPS) is 10.5. The molecular weight excluding hydrogens is 339 g/mol. The molecule has 1 amide bonds. The maximum atomic E-state index is 13.0. The van der Waals surface area contributed by atoms with Crippen LogP contribution in [-0.2, 0) is 6.54 Å². The lowest BCUT2D eigenvalue weighted by molar-refractivity contribution is 0.0950. The predicted molar refractivity (Wildman–Crippen MR) is 93.3 cm³/mol. The number of aromatic nitrogens is 3. The van der Waals surface area contributed by atoms with Gasteiger partial charge in [-0.15, -0.1) is 0 Å². The number of hydrogen-bond acceptors (Lipinski definition) is 4. The molecule has 1 aromatic carbocycles. The van der Waals surface area contributed by atoms with Gasteiger partial charge in [0.05, 0.1) is 12.0 Å². The monoisotopic (exact) mass is 354 g/mol. The van der Waals surface area contributed by atoms with Crippen LogP contribution in [-0.4, -0.2) is 27.0 Å². The third kappa shape index (κ3) is 3.92. The highest BCUT2D eigenvalue weighted by Gasteiger charge is 2.09. The molecule has 0 saturated carbocycles. The van der Waals surface area contributed by atoms with Crippen LogP contribution in [0.4, 0.5) is 4.39 Å². The van der Waals surface area contributed by atoms with Crippen molar-refractivity contribution >= 4 is 5.91 Å². The number of pyridine rings is 1. The first-order valence-electron chi connectivity index (χ1n) is 7.83. The SMILES string of the molecule is O=C(NCCn1cnc(-c2ccc(F)cc2)cc1=O)c1ccc[nH]c1=O. The molecule has 8 heteroatoms. The quantitative estimate of drug-likeness (QED) is 0.719. The first kappa shape index (κ1) is 17.3. The lowest BCUT2D eigenvalue weighted by Crippen LogP contribution is -2.33. The number of nitrogens with zero attached hydrogens (tertiary/aromatic N) is 2. The highest BCUT2D eigenvalue weighted by Crippen LogP contribution is 2.14. The van der Waals surface area contributed by atoms with Crippen molar-refractivity contribution in [3.63, 3.8) is 0 Å². The average Bonchev–Trinajstić information content (AvgIpc) is 2.64. The fourth-order valence-corrected chi connectivity index (χ4v) is 2.36. The van der Waals surface area contributed by atoms with Gasteiger partial charge in [-0.3, -0.25) is 19.0 Å². The predicted octanol–water partition coefficient (Wildman–Crippen LogP) is 1.17. The van der Waals surface area contributed by atoms with E-state index in [1.807, 2.05) is 0 Å². The second-order valence-corrected chi connectivity index (χ2v) is 5.48. The number of rotatable bonds is 5. The second-order valence-electron chi connectivity index (χ2n) is 5.48. The minimum absolute atomic E-state index is 0.00429. The number of amides is 1. The van der Waals surface area contributed by atoms with E-state index in [-0.39, 0.29) is 30.0 Å². The van der Waals surface area contributed by atoms with Gasteiger partial charge >= 0.3 is 0 Å². The molecule has 2 N–H and O–H groups in total. The van der Waals surface area contributed by atoms with Crippen molar-refractivity contribution in [2.45, 2.75) is 6.54 Å². The molecule has 0 fully saturated rings. The van der Waals surface area contributed by atoms with Gasteiger partial charge in [-0.1, -0.05) is 0 Å². The molecule has 0 unspecified atom stereocenters. The molecule has 3 aromatic rings. The summed E-state index contributed by atoms with van der Waals surface area (Å²) in [5.74, 6) is -0.883. The van der Waals surface area contributed by atoms with Crippen LogP contribution in [0, 0.1) is 5.82 Å². The van der Waals surface area contributed by atoms with Crippen LogP contribution in [0.2, 0.25) is 0 Å². The van der Waals surface area contributed by atoms with E-state index in [0.29, 0.717) is 11.3 Å². The maximum absolute atomic E-state index is 13.0. The van der Waals surface area contributed by atoms with Gasteiger partial charge in [0.1, 0.15) is 11.4 Å². The number of H-pyrrole nitrogens is 1. The molecule has 132 valence electrons. The van der Waals surface area contributed by atoms with Gasteiger partial charge in [0.25, 0.3) is 17.0 Å². The highest BCUT2D eigenvalue weighted by atomic mass is 19.1. The highest BCUT2D eigenvalue weighted by molar-refractivity contribution is 5.93. The molecule has 0 radical (unpaired) electrons. The Labute approximate surface area is 147 Å². The third-order valence-electron chi connectivity index (χ3n) is 3.72. The lowest BCUT2D eigenvalue weighted by atomic mass is 10.1. The van der Waals surface area contributed by atoms with Crippen molar-refractivity contribution in [1.82, 2.24) is 19.9 Å². The van der Waals surface area contributed by atoms with Crippen LogP contribution < -0.4 is 16.4 Å². The van der Waals surface area contributed by atoms with Crippen molar-refractivity contribution in [2.24, 2.45) is 0 Å². The molecule has 0 aliphatic heterocycles. The van der Waals surface area contributed by atoms with E-state index < -0.39 is 11.5 Å². The largest absolute Gasteiger partial charge is 0.350 e. The topological polar surface area (TPSA) is 96.8 Å². The van der Waals surface area contributed by atoms with Gasteiger partial charge in [0.2, 0.25) is 0 Å². The number of carbonyl (C=O) groups is 1. The molecule has 0 spiro atoms. The Kier molecular flexibility index (Phi) is 5.02. The van der Waals surface area contributed by atoms with Crippen LogP contribution in [0.5, 0.6) is 0 Å². The van der Waals surface area contributed by atoms with Crippen LogP contribution in [0.15, 0.2) is 64.6 Å². The molecular formula is C18H15FN4O3. The summed E-state index contributed by atoms with van der Waals surface area (Å²) >= 11 is 0. The number of benzene rings is 1. The Balaban J connectivity index is 1.65. The zero-order valence-electron chi connectivity index (χ0n) is 13.6. The van der Waals surface area contributed by atoms with Crippen LogP contribution in [0.1, 0.15) is 10.4 Å². The van der Waals surface area contributed by atoms with Gasteiger partial charge < -0.3 is 10.3 Å². The summed E-state index contributed by atoms with van der Waals surface area (Å²) in [6.07, 6.45) is 2.80. The van der Waals surface area contributed by atoms with E-state index >= 15 is 0 Å². The minimum Gasteiger partial charge on any atom is -0.350 e. The van der Waals surface area contributed by atoms with Crippen molar-refractivity contribution in [2.75, 3.05) is 6.54 Å². The molecule has 0 saturated heterocycles. The van der Waals surface area contributed by atoms with E-state index in [1.54, 1.807) is 18.2 Å². The van der Waals surface area contributed by atoms with Gasteiger partial charge in [0, 0.05) is 30.9 Å². The zero-order chi connectivity index (χ0) is 18.5. The molecule has 0 atom stereocenters. The summed E-state index contributed by atoms with van der Waals surface area (Å²) in [6, 6.07) is 9.99. The number of nitrogens with one attached hydrogen (secondary N) is 2. The summed E-state index contributed by atoms with van der Waals surface area (Å²) in [5, 5.41) is 2.58. The first-order valence-corrected chi connectivity index (χ1v) is 7.83. The number of carbonyl (C=O) groups excluding carboxylic acids is 1. The van der Waals surface area contributed by atoms with Gasteiger partial charge in [-0.25, -0.2) is 9.37 Å². The third-order valence-corrected chi connectivity index (χ3v) is 3.72. The van der Waals surface area contributed by atoms with Crippen molar-refractivity contribution < 1.29 is 9.18 Å². The summed E-state index contributed by atoms with van der Waals surface area (Å²) in [5.41, 5.74) is 0.293. The molecule has 0 aliphatic rings. The number of aromatic amines is 1. The van der Waals surface area contributed by atoms with Gasteiger partial charge in [-0.05, 0) is 36.4 Å². The summed E-state index contributed by atoms with van der Waals surface area (Å²) < 4.78 is 14.3. The standard InChI is InChI=1S/C18H15FN4O3/c19-13-5-3-12(4-6-13)15-10-16(24)23(11-22-15)9-8-21-18(26)14-2-1-7-20-17(14)25/h1-7,10-11H,8-9H2,(H,20,25)(H,21,26). The number of halogens is 1. The maximum Gasteiger partial charge on any atom is 0.260 e. The Morgan fingerprint density at radius 2 is 1.96 bits per heavy atom. The summed E-state index contributed by atoms with van der Waals surface area (Å²) in [7, 11) is 0. The van der Waals surface area contributed by atoms with E-state index in [9.17, 15) is 18.8 Å². The van der Waals surface area contributed by atoms with Crippen molar-refractivity contribution in [3.05, 3.63) is 87.1 Å². The molecule has 0 aliphatic carbocycles. The van der Waals surface area contributed by atoms with Crippen molar-refractivity contribution in [1.29, 1.82) is 0 Å². The smallest absolute Gasteiger partial charge is 0.260 e. The van der Waals surface area contributed by atoms with Crippen molar-refractivity contribution in [3.8, 4) is 11.3 Å². The van der Waals surface area contributed by atoms with Crippen LogP contribution in [0.3, 0.4) is 0 Å². The van der Waals surface area contributed by atoms with E-state index in [1.165, 1.54) is 41.4 Å². The molecule has 26 heavy (non-hydrogen) atoms. The van der Waals surface area contributed by atoms with Gasteiger partial charge in [-0.2, -0.15) is 0 Å². The molecule has 0 bridgehead atoms.